The third-order valence-electron chi connectivity index (χ3n) is 2.84. The maximum absolute atomic E-state index is 12.3. The molecule has 1 aromatic rings. The molecule has 7 heteroatoms. The molecule has 106 valence electrons. The zero-order valence-corrected chi connectivity index (χ0v) is 11.4. The second kappa shape index (κ2) is 6.43. The average Bonchev–Trinajstić information content (AvgIpc) is 2.76. The van der Waals surface area contributed by atoms with Crippen LogP contribution in [0.15, 0.2) is 40.5 Å². The highest BCUT2D eigenvalue weighted by Gasteiger charge is 2.33. The van der Waals surface area contributed by atoms with Gasteiger partial charge in [0.1, 0.15) is 12.3 Å². The highest BCUT2D eigenvalue weighted by molar-refractivity contribution is 6.23. The van der Waals surface area contributed by atoms with Gasteiger partial charge in [-0.2, -0.15) is 20.5 Å². The number of rotatable bonds is 4. The minimum Gasteiger partial charge on any atom is -0.272 e. The lowest BCUT2D eigenvalue weighted by Crippen LogP contribution is -2.29. The molecule has 0 saturated heterocycles. The third-order valence-corrected chi connectivity index (χ3v) is 2.84. The molecule has 0 fully saturated rings. The Hall–Kier alpha value is -3.01. The molecule has 2 amide bonds. The predicted octanol–water partition coefficient (Wildman–Crippen LogP) is 1.04. The van der Waals surface area contributed by atoms with Crippen LogP contribution in [0.3, 0.4) is 0 Å². The van der Waals surface area contributed by atoms with Crippen LogP contribution in [0.25, 0.3) is 0 Å². The van der Waals surface area contributed by atoms with Crippen LogP contribution in [0.5, 0.6) is 0 Å². The molecule has 0 aromatic heterocycles. The van der Waals surface area contributed by atoms with Gasteiger partial charge in [-0.15, -0.1) is 0 Å². The van der Waals surface area contributed by atoms with Crippen molar-refractivity contribution in [2.45, 2.75) is 13.3 Å². The van der Waals surface area contributed by atoms with E-state index in [9.17, 15) is 9.59 Å². The van der Waals surface area contributed by atoms with Crippen LogP contribution in [0.4, 0.5) is 5.69 Å². The highest BCUT2D eigenvalue weighted by atomic mass is 16.2. The van der Waals surface area contributed by atoms with Crippen molar-refractivity contribution >= 4 is 29.4 Å². The van der Waals surface area contributed by atoms with Gasteiger partial charge >= 0.3 is 0 Å². The number of carbonyl (C=O) groups is 2. The number of nitriles is 1. The van der Waals surface area contributed by atoms with E-state index in [1.807, 2.05) is 18.2 Å². The Morgan fingerprint density at radius 2 is 2.24 bits per heavy atom. The van der Waals surface area contributed by atoms with E-state index in [2.05, 4.69) is 15.6 Å². The molecule has 0 spiro atoms. The van der Waals surface area contributed by atoms with E-state index in [0.717, 1.165) is 0 Å². The fourth-order valence-corrected chi connectivity index (χ4v) is 1.80. The van der Waals surface area contributed by atoms with Crippen LogP contribution in [0.1, 0.15) is 13.3 Å². The minimum atomic E-state index is -0.618. The molecule has 2 rings (SSSR count). The van der Waals surface area contributed by atoms with E-state index < -0.39 is 11.8 Å². The van der Waals surface area contributed by atoms with E-state index in [4.69, 9.17) is 5.26 Å². The van der Waals surface area contributed by atoms with Crippen LogP contribution in [0, 0.1) is 17.2 Å². The van der Waals surface area contributed by atoms with Gasteiger partial charge in [0, 0.05) is 6.21 Å². The zero-order valence-electron chi connectivity index (χ0n) is 11.4. The summed E-state index contributed by atoms with van der Waals surface area (Å²) in [5, 5.41) is 17.6. The lowest BCUT2D eigenvalue weighted by atomic mass is 10.1. The summed E-state index contributed by atoms with van der Waals surface area (Å²) in [6, 6.07) is 10.8. The van der Waals surface area contributed by atoms with Gasteiger partial charge in [-0.3, -0.25) is 9.59 Å². The number of carbonyl (C=O) groups excluding carboxylic acids is 2. The molecule has 0 radical (unpaired) electrons. The number of nitrogens with one attached hydrogen (secondary N) is 1. The zero-order chi connectivity index (χ0) is 15.2. The van der Waals surface area contributed by atoms with Crippen LogP contribution in [-0.2, 0) is 9.59 Å². The van der Waals surface area contributed by atoms with Crippen molar-refractivity contribution in [1.82, 2.24) is 5.43 Å². The van der Waals surface area contributed by atoms with Crippen LogP contribution >= 0.6 is 0 Å². The van der Waals surface area contributed by atoms with Crippen molar-refractivity contribution in [3.8, 4) is 6.07 Å². The summed E-state index contributed by atoms with van der Waals surface area (Å²) in [5.74, 6) is -1.38. The molecule has 7 nitrogen and oxygen atoms in total. The number of anilines is 1. The molecular weight excluding hydrogens is 270 g/mol. The minimum absolute atomic E-state index is 0.239. The average molecular weight is 283 g/mol. The molecule has 21 heavy (non-hydrogen) atoms. The lowest BCUT2D eigenvalue weighted by Gasteiger charge is -2.12. The van der Waals surface area contributed by atoms with Gasteiger partial charge in [-0.05, 0) is 19.1 Å². The molecule has 0 bridgehead atoms. The number of benzene rings is 1. The lowest BCUT2D eigenvalue weighted by molar-refractivity contribution is -0.120. The van der Waals surface area contributed by atoms with Crippen molar-refractivity contribution in [1.29, 1.82) is 5.26 Å². The number of hydrogen-bond donors (Lipinski definition) is 1. The first-order valence-corrected chi connectivity index (χ1v) is 6.26. The number of hydrazone groups is 2. The summed E-state index contributed by atoms with van der Waals surface area (Å²) < 4.78 is 0. The van der Waals surface area contributed by atoms with Crippen molar-refractivity contribution in [3.05, 3.63) is 30.3 Å². The molecule has 0 unspecified atom stereocenters. The number of amides is 2. The number of nitrogens with zero attached hydrogens (tertiary/aromatic N) is 4. The first-order valence-electron chi connectivity index (χ1n) is 6.26. The summed E-state index contributed by atoms with van der Waals surface area (Å²) >= 11 is 0. The molecule has 1 atom stereocenters. The largest absolute Gasteiger partial charge is 0.272 e. The Labute approximate surface area is 121 Å². The summed E-state index contributed by atoms with van der Waals surface area (Å²) in [7, 11) is 0. The first-order chi connectivity index (χ1) is 10.1. The Morgan fingerprint density at radius 3 is 2.90 bits per heavy atom. The Kier molecular flexibility index (Phi) is 4.41. The maximum atomic E-state index is 12.3. The topological polar surface area (TPSA) is 97.9 Å². The summed E-state index contributed by atoms with van der Waals surface area (Å²) in [5.41, 5.74) is 3.45. The third kappa shape index (κ3) is 3.30. The number of hydrogen-bond acceptors (Lipinski definition) is 5. The van der Waals surface area contributed by atoms with Crippen LogP contribution in [0.2, 0.25) is 0 Å². The van der Waals surface area contributed by atoms with Gasteiger partial charge in [0.15, 0.2) is 0 Å². The normalized spacial score (nSPS) is 17.7. The van der Waals surface area contributed by atoms with Crippen LogP contribution < -0.4 is 10.4 Å². The predicted molar refractivity (Wildman–Crippen MR) is 77.4 cm³/mol. The van der Waals surface area contributed by atoms with E-state index in [0.29, 0.717) is 11.4 Å². The van der Waals surface area contributed by atoms with Gasteiger partial charge in [-0.25, -0.2) is 5.43 Å². The summed E-state index contributed by atoms with van der Waals surface area (Å²) in [4.78, 5) is 23.4. The molecule has 1 heterocycles. The Bertz CT molecular complexity index is 645. The first kappa shape index (κ1) is 14.4. The van der Waals surface area contributed by atoms with Crippen molar-refractivity contribution < 1.29 is 9.59 Å². The molecule has 1 aliphatic rings. The number of para-hydroxylation sites is 1. The van der Waals surface area contributed by atoms with Gasteiger partial charge in [0.2, 0.25) is 0 Å². The van der Waals surface area contributed by atoms with E-state index in [1.54, 1.807) is 25.1 Å². The van der Waals surface area contributed by atoms with Gasteiger partial charge in [0.05, 0.1) is 17.5 Å². The quantitative estimate of drug-likeness (QED) is 0.660. The SMILES string of the molecule is CC1=NN(c2ccccc2)C(=O)[C@@H]1/C=N\NC(=O)CC#N. The monoisotopic (exact) mass is 283 g/mol. The molecule has 1 aromatic carbocycles. The van der Waals surface area contributed by atoms with Crippen LogP contribution in [-0.4, -0.2) is 23.7 Å². The second-order valence-electron chi connectivity index (χ2n) is 4.35. The van der Waals surface area contributed by atoms with E-state index in [1.165, 1.54) is 11.2 Å². The smallest absolute Gasteiger partial charge is 0.261 e. The van der Waals surface area contributed by atoms with E-state index >= 15 is 0 Å². The van der Waals surface area contributed by atoms with Crippen molar-refractivity contribution in [2.24, 2.45) is 16.1 Å². The fourth-order valence-electron chi connectivity index (χ4n) is 1.80. The molecule has 1 N–H and O–H groups in total. The highest BCUT2D eigenvalue weighted by Crippen LogP contribution is 2.22. The molecule has 1 aliphatic heterocycles. The van der Waals surface area contributed by atoms with E-state index in [-0.39, 0.29) is 12.3 Å². The van der Waals surface area contributed by atoms with Crippen molar-refractivity contribution in [2.75, 3.05) is 5.01 Å². The molecular formula is C14H13N5O2. The Morgan fingerprint density at radius 1 is 1.52 bits per heavy atom. The van der Waals surface area contributed by atoms with Crippen molar-refractivity contribution in [3.63, 3.8) is 0 Å². The summed E-state index contributed by atoms with van der Waals surface area (Å²) in [6.45, 7) is 1.72. The van der Waals surface area contributed by atoms with Gasteiger partial charge < -0.3 is 0 Å². The molecule has 0 aliphatic carbocycles. The second-order valence-corrected chi connectivity index (χ2v) is 4.35. The Balaban J connectivity index is 2.06. The van der Waals surface area contributed by atoms with Gasteiger partial charge in [-0.1, -0.05) is 18.2 Å². The standard InChI is InChI=1S/C14H13N5O2/c1-10-12(9-16-17-13(20)7-8-15)14(21)19(18-10)11-5-3-2-4-6-11/h2-6,9,12H,7H2,1H3,(H,17,20)/b16-9-/t12-/m1/s1. The summed E-state index contributed by atoms with van der Waals surface area (Å²) in [6.07, 6.45) is 1.04. The fraction of sp³-hybridized carbons (Fsp3) is 0.214. The molecule has 0 saturated carbocycles. The van der Waals surface area contributed by atoms with Gasteiger partial charge in [0.25, 0.3) is 11.8 Å². The maximum Gasteiger partial charge on any atom is 0.261 e.